The zero-order valence-electron chi connectivity index (χ0n) is 13.9. The molecule has 1 aliphatic heterocycles. The average molecular weight is 323 g/mol. The lowest BCUT2D eigenvalue weighted by molar-refractivity contribution is -0.121. The normalized spacial score (nSPS) is 15.8. The highest BCUT2D eigenvalue weighted by molar-refractivity contribution is 6.06. The molecule has 3 aromatic heterocycles. The predicted octanol–water partition coefficient (Wildman–Crippen LogP) is 1.83. The topological polar surface area (TPSA) is 88.3 Å². The first kappa shape index (κ1) is 14.6. The summed E-state index contributed by atoms with van der Waals surface area (Å²) in [6.07, 6.45) is 5.03. The van der Waals surface area contributed by atoms with Crippen LogP contribution in [0.5, 0.6) is 0 Å². The largest absolute Gasteiger partial charge is 0.323 e. The molecule has 4 heterocycles. The number of carbonyl (C=O) groups excluding carboxylic acids is 1. The number of nitrogens with one attached hydrogen (secondary N) is 1. The van der Waals surface area contributed by atoms with Crippen molar-refractivity contribution in [3.8, 4) is 0 Å². The lowest BCUT2D eigenvalue weighted by atomic mass is 9.91. The summed E-state index contributed by atoms with van der Waals surface area (Å²) in [4.78, 5) is 27.0. The second kappa shape index (κ2) is 4.73. The minimum absolute atomic E-state index is 0.0177. The van der Waals surface area contributed by atoms with Gasteiger partial charge in [-0.05, 0) is 32.4 Å². The Bertz CT molecular complexity index is 976. The van der Waals surface area contributed by atoms with Crippen LogP contribution in [0.15, 0.2) is 24.8 Å². The Morgan fingerprint density at radius 1 is 1.25 bits per heavy atom. The third kappa shape index (κ3) is 1.96. The maximum Gasteiger partial charge on any atom is 0.238 e. The van der Waals surface area contributed by atoms with Crippen molar-refractivity contribution in [3.63, 3.8) is 0 Å². The highest BCUT2D eigenvalue weighted by atomic mass is 16.2. The molecule has 0 saturated carbocycles. The number of hydrogen-bond donors (Lipinski definition) is 1. The van der Waals surface area contributed by atoms with Gasteiger partial charge in [0.05, 0.1) is 34.9 Å². The molecule has 8 heteroatoms. The Morgan fingerprint density at radius 2 is 2.04 bits per heavy atom. The van der Waals surface area contributed by atoms with E-state index in [1.807, 2.05) is 33.0 Å². The molecule has 1 amide bonds. The standard InChI is InChI=1S/C16H17N7O/c1-9-5-12-18-8-19-23(12)7-10(9)20-15-17-6-11-13(21-15)16(2,3)14(24)22(11)4/h5-8H,1-4H3,(H,17,20,21). The van der Waals surface area contributed by atoms with Gasteiger partial charge in [-0.1, -0.05) is 0 Å². The van der Waals surface area contributed by atoms with Gasteiger partial charge in [0.1, 0.15) is 6.33 Å². The van der Waals surface area contributed by atoms with E-state index in [1.54, 1.807) is 22.7 Å². The van der Waals surface area contributed by atoms with Crippen molar-refractivity contribution in [2.75, 3.05) is 17.3 Å². The maximum absolute atomic E-state index is 12.3. The van der Waals surface area contributed by atoms with Gasteiger partial charge >= 0.3 is 0 Å². The molecule has 8 nitrogen and oxygen atoms in total. The fourth-order valence-electron chi connectivity index (χ4n) is 2.98. The molecule has 0 unspecified atom stereocenters. The van der Waals surface area contributed by atoms with Gasteiger partial charge in [0, 0.05) is 7.05 Å². The van der Waals surface area contributed by atoms with E-state index in [-0.39, 0.29) is 5.91 Å². The number of rotatable bonds is 2. The molecule has 0 spiro atoms. The van der Waals surface area contributed by atoms with E-state index < -0.39 is 5.41 Å². The van der Waals surface area contributed by atoms with E-state index >= 15 is 0 Å². The molecule has 0 saturated heterocycles. The van der Waals surface area contributed by atoms with E-state index in [0.717, 1.165) is 28.3 Å². The van der Waals surface area contributed by atoms with Gasteiger partial charge in [-0.25, -0.2) is 19.5 Å². The fourth-order valence-corrected chi connectivity index (χ4v) is 2.98. The third-order valence-electron chi connectivity index (χ3n) is 4.43. The van der Waals surface area contributed by atoms with Gasteiger partial charge < -0.3 is 10.2 Å². The number of nitrogens with zero attached hydrogens (tertiary/aromatic N) is 6. The number of aryl methyl sites for hydroxylation is 1. The van der Waals surface area contributed by atoms with Crippen molar-refractivity contribution in [2.24, 2.45) is 0 Å². The zero-order valence-corrected chi connectivity index (χ0v) is 13.9. The number of carbonyl (C=O) groups is 1. The van der Waals surface area contributed by atoms with Crippen LogP contribution in [-0.4, -0.2) is 37.5 Å². The monoisotopic (exact) mass is 323 g/mol. The second-order valence-electron chi connectivity index (χ2n) is 6.47. The number of hydrogen-bond acceptors (Lipinski definition) is 6. The molecule has 0 aromatic carbocycles. The molecule has 122 valence electrons. The van der Waals surface area contributed by atoms with Crippen LogP contribution in [0, 0.1) is 6.92 Å². The van der Waals surface area contributed by atoms with E-state index in [9.17, 15) is 4.79 Å². The Hall–Kier alpha value is -3.03. The Kier molecular flexibility index (Phi) is 2.87. The van der Waals surface area contributed by atoms with Crippen molar-refractivity contribution < 1.29 is 4.79 Å². The van der Waals surface area contributed by atoms with E-state index in [2.05, 4.69) is 25.4 Å². The van der Waals surface area contributed by atoms with Gasteiger partial charge in [0.2, 0.25) is 11.9 Å². The smallest absolute Gasteiger partial charge is 0.238 e. The molecule has 4 rings (SSSR count). The molecule has 3 aromatic rings. The van der Waals surface area contributed by atoms with Gasteiger partial charge in [-0.2, -0.15) is 5.10 Å². The summed E-state index contributed by atoms with van der Waals surface area (Å²) in [5.41, 5.74) is 3.44. The van der Waals surface area contributed by atoms with Gasteiger partial charge in [0.15, 0.2) is 5.65 Å². The highest BCUT2D eigenvalue weighted by Crippen LogP contribution is 2.39. The Morgan fingerprint density at radius 3 is 2.83 bits per heavy atom. The van der Waals surface area contributed by atoms with Gasteiger partial charge in [-0.15, -0.1) is 0 Å². The lowest BCUT2D eigenvalue weighted by Crippen LogP contribution is -2.33. The molecule has 0 bridgehead atoms. The van der Waals surface area contributed by atoms with E-state index in [4.69, 9.17) is 0 Å². The molecule has 0 atom stereocenters. The summed E-state index contributed by atoms with van der Waals surface area (Å²) in [5, 5.41) is 7.35. The lowest BCUT2D eigenvalue weighted by Gasteiger charge is -2.15. The Balaban J connectivity index is 1.75. The van der Waals surface area contributed by atoms with E-state index in [1.165, 1.54) is 6.33 Å². The summed E-state index contributed by atoms with van der Waals surface area (Å²) in [6, 6.07) is 1.93. The minimum atomic E-state index is -0.658. The molecule has 1 aliphatic rings. The van der Waals surface area contributed by atoms with Crippen LogP contribution >= 0.6 is 0 Å². The van der Waals surface area contributed by atoms with Gasteiger partial charge in [-0.3, -0.25) is 4.79 Å². The first-order valence-electron chi connectivity index (χ1n) is 7.60. The van der Waals surface area contributed by atoms with Crippen molar-refractivity contribution in [1.29, 1.82) is 0 Å². The van der Waals surface area contributed by atoms with Gasteiger partial charge in [0.25, 0.3) is 0 Å². The Labute approximate surface area is 138 Å². The fraction of sp³-hybridized carbons (Fsp3) is 0.312. The number of anilines is 3. The quantitative estimate of drug-likeness (QED) is 0.774. The van der Waals surface area contributed by atoms with Crippen LogP contribution in [0.4, 0.5) is 17.3 Å². The summed E-state index contributed by atoms with van der Waals surface area (Å²) in [5.74, 6) is 0.469. The van der Waals surface area contributed by atoms with Crippen LogP contribution in [0.25, 0.3) is 5.65 Å². The minimum Gasteiger partial charge on any atom is -0.323 e. The number of aromatic nitrogens is 5. The van der Waals surface area contributed by atoms with Crippen LogP contribution < -0.4 is 10.2 Å². The van der Waals surface area contributed by atoms with Crippen molar-refractivity contribution in [3.05, 3.63) is 36.0 Å². The molecule has 0 fully saturated rings. The first-order chi connectivity index (χ1) is 11.4. The van der Waals surface area contributed by atoms with Crippen LogP contribution in [0.3, 0.4) is 0 Å². The van der Waals surface area contributed by atoms with Crippen LogP contribution in [-0.2, 0) is 10.2 Å². The molecule has 0 aliphatic carbocycles. The molecular weight excluding hydrogens is 306 g/mol. The molecule has 1 N–H and O–H groups in total. The summed E-state index contributed by atoms with van der Waals surface area (Å²) in [7, 11) is 1.75. The number of likely N-dealkylation sites (N-methyl/N-ethyl adjacent to an activating group) is 1. The number of pyridine rings is 1. The van der Waals surface area contributed by atoms with E-state index in [0.29, 0.717) is 5.95 Å². The second-order valence-corrected chi connectivity index (χ2v) is 6.47. The molecule has 24 heavy (non-hydrogen) atoms. The van der Waals surface area contributed by atoms with Crippen molar-refractivity contribution in [1.82, 2.24) is 24.6 Å². The van der Waals surface area contributed by atoms with Crippen LogP contribution in [0.2, 0.25) is 0 Å². The SMILES string of the molecule is Cc1cc2ncnn2cc1Nc1ncc2c(n1)C(C)(C)C(=O)N2C. The summed E-state index contributed by atoms with van der Waals surface area (Å²) in [6.45, 7) is 5.73. The highest BCUT2D eigenvalue weighted by Gasteiger charge is 2.44. The average Bonchev–Trinajstić information content (AvgIpc) is 3.06. The zero-order chi connectivity index (χ0) is 17.1. The van der Waals surface area contributed by atoms with Crippen LogP contribution in [0.1, 0.15) is 25.1 Å². The first-order valence-corrected chi connectivity index (χ1v) is 7.60. The third-order valence-corrected chi connectivity index (χ3v) is 4.43. The van der Waals surface area contributed by atoms with Crippen molar-refractivity contribution in [2.45, 2.75) is 26.2 Å². The molecular formula is C16H17N7O. The summed E-state index contributed by atoms with van der Waals surface area (Å²) >= 11 is 0. The predicted molar refractivity (Wildman–Crippen MR) is 89.5 cm³/mol. The number of fused-ring (bicyclic) bond motifs is 2. The summed E-state index contributed by atoms with van der Waals surface area (Å²) < 4.78 is 1.68. The molecule has 0 radical (unpaired) electrons. The number of amides is 1. The van der Waals surface area contributed by atoms with Crippen molar-refractivity contribution >= 4 is 28.9 Å². The maximum atomic E-state index is 12.3.